The summed E-state index contributed by atoms with van der Waals surface area (Å²) in [5.41, 5.74) is 3.38. The van der Waals surface area contributed by atoms with Gasteiger partial charge in [-0.3, -0.25) is 4.79 Å². The second-order valence-electron chi connectivity index (χ2n) is 4.43. The number of aromatic nitrogens is 2. The number of hydrogen-bond donors (Lipinski definition) is 1. The van der Waals surface area contributed by atoms with Crippen molar-refractivity contribution in [1.29, 1.82) is 0 Å². The van der Waals surface area contributed by atoms with Gasteiger partial charge in [-0.1, -0.05) is 31.2 Å². The maximum Gasteiger partial charge on any atom is 0.254 e. The van der Waals surface area contributed by atoms with Crippen molar-refractivity contribution in [2.24, 2.45) is 0 Å². The molecule has 4 heteroatoms. The van der Waals surface area contributed by atoms with Crippen molar-refractivity contribution in [2.75, 3.05) is 7.11 Å². The summed E-state index contributed by atoms with van der Waals surface area (Å²) in [7, 11) is 1.65. The van der Waals surface area contributed by atoms with Crippen LogP contribution in [0.2, 0.25) is 0 Å². The van der Waals surface area contributed by atoms with Gasteiger partial charge in [-0.05, 0) is 18.9 Å². The Morgan fingerprint density at radius 2 is 2.05 bits per heavy atom. The summed E-state index contributed by atoms with van der Waals surface area (Å²) in [6.07, 6.45) is 0.745. The van der Waals surface area contributed by atoms with Crippen molar-refractivity contribution in [3.8, 4) is 11.4 Å². The fourth-order valence-electron chi connectivity index (χ4n) is 2.08. The molecule has 0 amide bonds. The lowest BCUT2D eigenvalue weighted by atomic mass is 10.1. The first-order valence-electron chi connectivity index (χ1n) is 6.34. The molecule has 1 N–H and O–H groups in total. The number of aryl methyl sites for hydroxylation is 1. The zero-order valence-corrected chi connectivity index (χ0v) is 11.5. The summed E-state index contributed by atoms with van der Waals surface area (Å²) >= 11 is 0. The lowest BCUT2D eigenvalue weighted by molar-refractivity contribution is 0.185. The van der Waals surface area contributed by atoms with Crippen LogP contribution in [0.4, 0.5) is 0 Å². The monoisotopic (exact) mass is 258 g/mol. The van der Waals surface area contributed by atoms with Gasteiger partial charge in [0.2, 0.25) is 0 Å². The van der Waals surface area contributed by atoms with Gasteiger partial charge in [0.15, 0.2) is 0 Å². The van der Waals surface area contributed by atoms with Gasteiger partial charge in [-0.25, -0.2) is 4.98 Å². The van der Waals surface area contributed by atoms with Crippen molar-refractivity contribution >= 4 is 0 Å². The van der Waals surface area contributed by atoms with E-state index in [-0.39, 0.29) is 5.56 Å². The van der Waals surface area contributed by atoms with Crippen molar-refractivity contribution in [2.45, 2.75) is 26.9 Å². The number of H-pyrrole nitrogens is 1. The fourth-order valence-corrected chi connectivity index (χ4v) is 2.08. The Morgan fingerprint density at radius 3 is 2.74 bits per heavy atom. The molecule has 0 bridgehead atoms. The topological polar surface area (TPSA) is 55.0 Å². The molecule has 0 aliphatic rings. The van der Waals surface area contributed by atoms with E-state index in [1.807, 2.05) is 31.2 Å². The van der Waals surface area contributed by atoms with Crippen molar-refractivity contribution in [3.63, 3.8) is 0 Å². The summed E-state index contributed by atoms with van der Waals surface area (Å²) in [6, 6.07) is 7.80. The van der Waals surface area contributed by atoms with Gasteiger partial charge in [0.1, 0.15) is 5.82 Å². The van der Waals surface area contributed by atoms with Gasteiger partial charge >= 0.3 is 0 Å². The Balaban J connectivity index is 2.59. The molecule has 0 saturated carbocycles. The van der Waals surface area contributed by atoms with E-state index in [0.717, 1.165) is 23.2 Å². The first-order valence-corrected chi connectivity index (χ1v) is 6.34. The molecule has 1 heterocycles. The van der Waals surface area contributed by atoms with E-state index in [9.17, 15) is 4.79 Å². The average Bonchev–Trinajstić information content (AvgIpc) is 2.43. The van der Waals surface area contributed by atoms with E-state index in [1.165, 1.54) is 0 Å². The van der Waals surface area contributed by atoms with Crippen LogP contribution in [-0.2, 0) is 17.8 Å². The smallest absolute Gasteiger partial charge is 0.254 e. The van der Waals surface area contributed by atoms with Crippen LogP contribution in [0.1, 0.15) is 23.7 Å². The highest BCUT2D eigenvalue weighted by molar-refractivity contribution is 5.60. The summed E-state index contributed by atoms with van der Waals surface area (Å²) in [6.45, 7) is 4.30. The molecule has 0 aliphatic heterocycles. The molecule has 0 radical (unpaired) electrons. The van der Waals surface area contributed by atoms with Crippen LogP contribution in [0.25, 0.3) is 11.4 Å². The van der Waals surface area contributed by atoms with Gasteiger partial charge in [0.25, 0.3) is 5.56 Å². The first-order chi connectivity index (χ1) is 9.17. The number of methoxy groups -OCH3 is 1. The molecule has 100 valence electrons. The van der Waals surface area contributed by atoms with Crippen molar-refractivity contribution in [3.05, 3.63) is 51.4 Å². The molecule has 4 nitrogen and oxygen atoms in total. The van der Waals surface area contributed by atoms with Crippen molar-refractivity contribution < 1.29 is 4.74 Å². The van der Waals surface area contributed by atoms with Gasteiger partial charge in [-0.15, -0.1) is 0 Å². The molecule has 2 rings (SSSR count). The van der Waals surface area contributed by atoms with Gasteiger partial charge in [-0.2, -0.15) is 0 Å². The lowest BCUT2D eigenvalue weighted by Gasteiger charge is -2.10. The Labute approximate surface area is 112 Å². The SMILES string of the molecule is CCc1nc(-c2ccccc2COC)[nH]c(=O)c1C. The summed E-state index contributed by atoms with van der Waals surface area (Å²) in [5.74, 6) is 0.611. The molecule has 1 aromatic heterocycles. The molecule has 0 spiro atoms. The molecule has 0 saturated heterocycles. The summed E-state index contributed by atoms with van der Waals surface area (Å²) in [4.78, 5) is 19.3. The van der Waals surface area contributed by atoms with Crippen LogP contribution in [-0.4, -0.2) is 17.1 Å². The number of benzene rings is 1. The van der Waals surface area contributed by atoms with E-state index in [2.05, 4.69) is 9.97 Å². The normalized spacial score (nSPS) is 10.7. The molecule has 0 fully saturated rings. The standard InChI is InChI=1S/C15H18N2O2/c1-4-13-10(2)15(18)17-14(16-13)12-8-6-5-7-11(12)9-19-3/h5-8H,4,9H2,1-3H3,(H,16,17,18). The first kappa shape index (κ1) is 13.5. The third-order valence-corrected chi connectivity index (χ3v) is 3.16. The summed E-state index contributed by atoms with van der Waals surface area (Å²) < 4.78 is 5.18. The van der Waals surface area contributed by atoms with Gasteiger partial charge in [0, 0.05) is 18.2 Å². The Kier molecular flexibility index (Phi) is 4.12. The molecular weight excluding hydrogens is 240 g/mol. The number of rotatable bonds is 4. The van der Waals surface area contributed by atoms with E-state index in [0.29, 0.717) is 18.0 Å². The molecule has 0 unspecified atom stereocenters. The highest BCUT2D eigenvalue weighted by Crippen LogP contribution is 2.20. The van der Waals surface area contributed by atoms with E-state index in [4.69, 9.17) is 4.74 Å². The van der Waals surface area contributed by atoms with Crippen LogP contribution >= 0.6 is 0 Å². The lowest BCUT2D eigenvalue weighted by Crippen LogP contribution is -2.16. The van der Waals surface area contributed by atoms with E-state index >= 15 is 0 Å². The Morgan fingerprint density at radius 1 is 1.32 bits per heavy atom. The molecule has 19 heavy (non-hydrogen) atoms. The minimum atomic E-state index is -0.0749. The van der Waals surface area contributed by atoms with E-state index < -0.39 is 0 Å². The predicted molar refractivity (Wildman–Crippen MR) is 75.1 cm³/mol. The minimum absolute atomic E-state index is 0.0749. The van der Waals surface area contributed by atoms with Crippen LogP contribution in [0, 0.1) is 6.92 Å². The van der Waals surface area contributed by atoms with Gasteiger partial charge in [0.05, 0.1) is 12.3 Å². The molecule has 0 aliphatic carbocycles. The quantitative estimate of drug-likeness (QED) is 0.916. The van der Waals surface area contributed by atoms with Gasteiger partial charge < -0.3 is 9.72 Å². The Hall–Kier alpha value is -1.94. The average molecular weight is 258 g/mol. The zero-order chi connectivity index (χ0) is 13.8. The summed E-state index contributed by atoms with van der Waals surface area (Å²) in [5, 5.41) is 0. The number of nitrogens with zero attached hydrogens (tertiary/aromatic N) is 1. The Bertz CT molecular complexity index is 632. The number of ether oxygens (including phenoxy) is 1. The molecule has 1 aromatic carbocycles. The predicted octanol–water partition coefficient (Wildman–Crippen LogP) is 2.45. The van der Waals surface area contributed by atoms with Crippen LogP contribution in [0.15, 0.2) is 29.1 Å². The third kappa shape index (κ3) is 2.74. The second kappa shape index (κ2) is 5.80. The van der Waals surface area contributed by atoms with Crippen LogP contribution in [0.3, 0.4) is 0 Å². The molecular formula is C15H18N2O2. The van der Waals surface area contributed by atoms with E-state index in [1.54, 1.807) is 14.0 Å². The highest BCUT2D eigenvalue weighted by atomic mass is 16.5. The fraction of sp³-hybridized carbons (Fsp3) is 0.333. The largest absolute Gasteiger partial charge is 0.380 e. The number of aromatic amines is 1. The van der Waals surface area contributed by atoms with Crippen molar-refractivity contribution in [1.82, 2.24) is 9.97 Å². The second-order valence-corrected chi connectivity index (χ2v) is 4.43. The third-order valence-electron chi connectivity index (χ3n) is 3.16. The van der Waals surface area contributed by atoms with Crippen LogP contribution in [0.5, 0.6) is 0 Å². The van der Waals surface area contributed by atoms with Crippen LogP contribution < -0.4 is 5.56 Å². The minimum Gasteiger partial charge on any atom is -0.380 e. The maximum atomic E-state index is 11.9. The molecule has 0 atom stereocenters. The highest BCUT2D eigenvalue weighted by Gasteiger charge is 2.10. The maximum absolute atomic E-state index is 11.9. The number of hydrogen-bond acceptors (Lipinski definition) is 3. The zero-order valence-electron chi connectivity index (χ0n) is 11.5. The molecule has 2 aromatic rings. The number of nitrogens with one attached hydrogen (secondary N) is 1.